The largest absolute Gasteiger partial charge is 0.399 e. The third-order valence-electron chi connectivity index (χ3n) is 3.06. The van der Waals surface area contributed by atoms with Crippen LogP contribution in [0.25, 0.3) is 0 Å². The molecular formula is C15H13N3O. The molecule has 4 heteroatoms. The summed E-state index contributed by atoms with van der Waals surface area (Å²) in [7, 11) is 0. The van der Waals surface area contributed by atoms with Crippen LogP contribution in [0.4, 0.5) is 11.4 Å². The SMILES string of the molecule is Nc1cccc([C@@H]2N=Cc3ccccc3NC2=O)c1. The highest BCUT2D eigenvalue weighted by Gasteiger charge is 2.22. The number of nitrogens with two attached hydrogens (primary N) is 1. The molecule has 1 amide bonds. The minimum atomic E-state index is -0.559. The second kappa shape index (κ2) is 4.57. The van der Waals surface area contributed by atoms with Crippen molar-refractivity contribution in [1.29, 1.82) is 0 Å². The van der Waals surface area contributed by atoms with Gasteiger partial charge in [0.1, 0.15) is 0 Å². The molecule has 0 bridgehead atoms. The predicted molar refractivity (Wildman–Crippen MR) is 76.3 cm³/mol. The lowest BCUT2D eigenvalue weighted by Gasteiger charge is -2.11. The van der Waals surface area contributed by atoms with Crippen molar-refractivity contribution in [3.05, 3.63) is 59.7 Å². The maximum Gasteiger partial charge on any atom is 0.253 e. The average Bonchev–Trinajstić information content (AvgIpc) is 2.57. The lowest BCUT2D eigenvalue weighted by Crippen LogP contribution is -2.18. The molecule has 1 atom stereocenters. The van der Waals surface area contributed by atoms with Gasteiger partial charge in [-0.15, -0.1) is 0 Å². The Kier molecular flexibility index (Phi) is 2.76. The number of nitrogens with one attached hydrogen (secondary N) is 1. The van der Waals surface area contributed by atoms with Gasteiger partial charge in [0.15, 0.2) is 6.04 Å². The number of nitrogen functional groups attached to an aromatic ring is 1. The van der Waals surface area contributed by atoms with Crippen LogP contribution >= 0.6 is 0 Å². The highest BCUT2D eigenvalue weighted by molar-refractivity contribution is 6.03. The van der Waals surface area contributed by atoms with Gasteiger partial charge < -0.3 is 11.1 Å². The third-order valence-corrected chi connectivity index (χ3v) is 3.06. The fourth-order valence-corrected chi connectivity index (χ4v) is 2.11. The number of para-hydroxylation sites is 1. The van der Waals surface area contributed by atoms with E-state index in [0.29, 0.717) is 5.69 Å². The number of benzodiazepines with no additional fused rings is 1. The minimum Gasteiger partial charge on any atom is -0.399 e. The number of carbonyl (C=O) groups excluding carboxylic acids is 1. The first-order valence-corrected chi connectivity index (χ1v) is 6.02. The van der Waals surface area contributed by atoms with Gasteiger partial charge in [0.05, 0.1) is 0 Å². The van der Waals surface area contributed by atoms with Crippen LogP contribution in [0, 0.1) is 0 Å². The molecule has 0 aliphatic carbocycles. The molecule has 19 heavy (non-hydrogen) atoms. The molecule has 0 spiro atoms. The predicted octanol–water partition coefficient (Wildman–Crippen LogP) is 2.38. The molecule has 0 aromatic heterocycles. The van der Waals surface area contributed by atoms with E-state index in [2.05, 4.69) is 10.3 Å². The number of anilines is 2. The van der Waals surface area contributed by atoms with Crippen LogP contribution in [0.15, 0.2) is 53.5 Å². The molecule has 0 unspecified atom stereocenters. The fourth-order valence-electron chi connectivity index (χ4n) is 2.11. The Balaban J connectivity index is 2.00. The molecule has 4 nitrogen and oxygen atoms in total. The number of carbonyl (C=O) groups is 1. The van der Waals surface area contributed by atoms with Gasteiger partial charge in [0.25, 0.3) is 5.91 Å². The number of rotatable bonds is 1. The Morgan fingerprint density at radius 2 is 1.95 bits per heavy atom. The van der Waals surface area contributed by atoms with Gasteiger partial charge in [-0.3, -0.25) is 9.79 Å². The van der Waals surface area contributed by atoms with E-state index in [-0.39, 0.29) is 5.91 Å². The van der Waals surface area contributed by atoms with Crippen LogP contribution in [0.3, 0.4) is 0 Å². The van der Waals surface area contributed by atoms with Crippen LogP contribution in [-0.2, 0) is 4.79 Å². The zero-order valence-corrected chi connectivity index (χ0v) is 10.2. The molecule has 3 rings (SSSR count). The van der Waals surface area contributed by atoms with Crippen molar-refractivity contribution in [2.45, 2.75) is 6.04 Å². The van der Waals surface area contributed by atoms with Gasteiger partial charge in [-0.2, -0.15) is 0 Å². The molecular weight excluding hydrogens is 238 g/mol. The molecule has 0 radical (unpaired) electrons. The van der Waals surface area contributed by atoms with Gasteiger partial charge in [-0.25, -0.2) is 0 Å². The van der Waals surface area contributed by atoms with Crippen molar-refractivity contribution in [2.24, 2.45) is 4.99 Å². The van der Waals surface area contributed by atoms with Crippen molar-refractivity contribution >= 4 is 23.5 Å². The standard InChI is InChI=1S/C15H13N3O/c16-12-6-3-5-10(8-12)14-15(19)18-13-7-2-1-4-11(13)9-17-14/h1-9,14H,16H2,(H,18,19)/t14-/m0/s1. The summed E-state index contributed by atoms with van der Waals surface area (Å²) < 4.78 is 0. The van der Waals surface area contributed by atoms with Crippen molar-refractivity contribution in [2.75, 3.05) is 11.1 Å². The normalized spacial score (nSPS) is 17.5. The van der Waals surface area contributed by atoms with Crippen molar-refractivity contribution < 1.29 is 4.79 Å². The van der Waals surface area contributed by atoms with Crippen LogP contribution in [-0.4, -0.2) is 12.1 Å². The van der Waals surface area contributed by atoms with Crippen LogP contribution in [0.2, 0.25) is 0 Å². The van der Waals surface area contributed by atoms with E-state index >= 15 is 0 Å². The van der Waals surface area contributed by atoms with Gasteiger partial charge in [0.2, 0.25) is 0 Å². The number of aliphatic imine (C=N–C) groups is 1. The number of amides is 1. The maximum atomic E-state index is 12.2. The highest BCUT2D eigenvalue weighted by atomic mass is 16.2. The summed E-state index contributed by atoms with van der Waals surface area (Å²) in [6.45, 7) is 0. The zero-order valence-electron chi connectivity index (χ0n) is 10.2. The summed E-state index contributed by atoms with van der Waals surface area (Å²) in [6.07, 6.45) is 1.72. The second-order valence-corrected chi connectivity index (χ2v) is 4.43. The Bertz CT molecular complexity index is 664. The van der Waals surface area contributed by atoms with Crippen molar-refractivity contribution in [1.82, 2.24) is 0 Å². The van der Waals surface area contributed by atoms with E-state index in [1.54, 1.807) is 18.3 Å². The first-order valence-electron chi connectivity index (χ1n) is 6.02. The number of benzene rings is 2. The van der Waals surface area contributed by atoms with E-state index in [0.717, 1.165) is 16.8 Å². The van der Waals surface area contributed by atoms with Crippen LogP contribution < -0.4 is 11.1 Å². The summed E-state index contributed by atoms with van der Waals surface area (Å²) in [5.41, 5.74) is 8.86. The third kappa shape index (κ3) is 2.20. The molecule has 2 aromatic rings. The quantitative estimate of drug-likeness (QED) is 0.764. The Morgan fingerprint density at radius 1 is 1.11 bits per heavy atom. The summed E-state index contributed by atoms with van der Waals surface area (Å²) in [6, 6.07) is 14.3. The lowest BCUT2D eigenvalue weighted by atomic mass is 10.1. The molecule has 0 fully saturated rings. The Hall–Kier alpha value is -2.62. The topological polar surface area (TPSA) is 67.5 Å². The van der Waals surface area contributed by atoms with Crippen molar-refractivity contribution in [3.8, 4) is 0 Å². The zero-order chi connectivity index (χ0) is 13.2. The van der Waals surface area contributed by atoms with E-state index in [9.17, 15) is 4.79 Å². The molecule has 0 saturated heterocycles. The summed E-state index contributed by atoms with van der Waals surface area (Å²) in [5, 5.41) is 2.89. The smallest absolute Gasteiger partial charge is 0.253 e. The highest BCUT2D eigenvalue weighted by Crippen LogP contribution is 2.25. The number of hydrogen-bond donors (Lipinski definition) is 2. The molecule has 3 N–H and O–H groups in total. The number of fused-ring (bicyclic) bond motifs is 1. The monoisotopic (exact) mass is 251 g/mol. The Morgan fingerprint density at radius 3 is 2.79 bits per heavy atom. The summed E-state index contributed by atoms with van der Waals surface area (Å²) in [4.78, 5) is 16.6. The molecule has 94 valence electrons. The fraction of sp³-hybridized carbons (Fsp3) is 0.0667. The molecule has 1 heterocycles. The van der Waals surface area contributed by atoms with Crippen LogP contribution in [0.5, 0.6) is 0 Å². The summed E-state index contributed by atoms with van der Waals surface area (Å²) in [5.74, 6) is -0.146. The first-order chi connectivity index (χ1) is 9.24. The van der Waals surface area contributed by atoms with E-state index in [1.807, 2.05) is 36.4 Å². The molecule has 1 aliphatic heterocycles. The molecule has 2 aromatic carbocycles. The van der Waals surface area contributed by atoms with Crippen molar-refractivity contribution in [3.63, 3.8) is 0 Å². The van der Waals surface area contributed by atoms with E-state index in [1.165, 1.54) is 0 Å². The number of nitrogens with zero attached hydrogens (tertiary/aromatic N) is 1. The van der Waals surface area contributed by atoms with E-state index in [4.69, 9.17) is 5.73 Å². The van der Waals surface area contributed by atoms with Gasteiger partial charge in [-0.05, 0) is 23.8 Å². The summed E-state index contributed by atoms with van der Waals surface area (Å²) >= 11 is 0. The minimum absolute atomic E-state index is 0.146. The average molecular weight is 251 g/mol. The molecule has 0 saturated carbocycles. The second-order valence-electron chi connectivity index (χ2n) is 4.43. The maximum absolute atomic E-state index is 12.2. The van der Waals surface area contributed by atoms with Crippen LogP contribution in [0.1, 0.15) is 17.2 Å². The van der Waals surface area contributed by atoms with Gasteiger partial charge in [-0.1, -0.05) is 30.3 Å². The first kappa shape index (κ1) is 11.5. The van der Waals surface area contributed by atoms with Gasteiger partial charge in [0, 0.05) is 23.2 Å². The lowest BCUT2D eigenvalue weighted by molar-refractivity contribution is -0.117. The number of hydrogen-bond acceptors (Lipinski definition) is 3. The molecule has 1 aliphatic rings. The van der Waals surface area contributed by atoms with E-state index < -0.39 is 6.04 Å². The Labute approximate surface area is 111 Å². The van der Waals surface area contributed by atoms with Gasteiger partial charge >= 0.3 is 0 Å².